The predicted octanol–water partition coefficient (Wildman–Crippen LogP) is 1.58. The average Bonchev–Trinajstić information content (AvgIpc) is 2.81. The highest BCUT2D eigenvalue weighted by molar-refractivity contribution is 5.84. The van der Waals surface area contributed by atoms with Gasteiger partial charge in [-0.15, -0.1) is 0 Å². The molecule has 1 saturated carbocycles. The molecule has 1 N–H and O–H groups in total. The van der Waals surface area contributed by atoms with E-state index in [0.29, 0.717) is 11.9 Å². The van der Waals surface area contributed by atoms with Gasteiger partial charge in [-0.3, -0.25) is 0 Å². The molecule has 1 aliphatic rings. The molecular formula is C9H11NO3. The second kappa shape index (κ2) is 2.80. The zero-order valence-electron chi connectivity index (χ0n) is 7.36. The van der Waals surface area contributed by atoms with Crippen LogP contribution in [-0.2, 0) is 0 Å². The van der Waals surface area contributed by atoms with Gasteiger partial charge in [0.2, 0.25) is 5.76 Å². The minimum Gasteiger partial charge on any atom is -0.475 e. The number of aromatic carboxylic acids is 1. The molecule has 0 radical (unpaired) electrons. The van der Waals surface area contributed by atoms with Crippen LogP contribution < -0.4 is 4.90 Å². The Bertz CT molecular complexity index is 327. The maximum Gasteiger partial charge on any atom is 0.371 e. The predicted molar refractivity (Wildman–Crippen MR) is 47.1 cm³/mol. The molecule has 1 fully saturated rings. The zero-order chi connectivity index (χ0) is 9.42. The van der Waals surface area contributed by atoms with E-state index in [2.05, 4.69) is 0 Å². The van der Waals surface area contributed by atoms with Crippen molar-refractivity contribution in [1.82, 2.24) is 0 Å². The molecule has 13 heavy (non-hydrogen) atoms. The number of carbonyl (C=O) groups is 1. The Morgan fingerprint density at radius 1 is 1.62 bits per heavy atom. The van der Waals surface area contributed by atoms with E-state index in [-0.39, 0.29) is 5.76 Å². The maximum atomic E-state index is 10.5. The van der Waals surface area contributed by atoms with Crippen molar-refractivity contribution in [3.05, 3.63) is 17.9 Å². The Hall–Kier alpha value is -1.45. The van der Waals surface area contributed by atoms with Crippen LogP contribution in [0.5, 0.6) is 0 Å². The van der Waals surface area contributed by atoms with Crippen LogP contribution in [0.4, 0.5) is 5.88 Å². The van der Waals surface area contributed by atoms with Crippen molar-refractivity contribution >= 4 is 11.9 Å². The third kappa shape index (κ3) is 1.52. The molecule has 1 heterocycles. The van der Waals surface area contributed by atoms with E-state index in [4.69, 9.17) is 9.52 Å². The van der Waals surface area contributed by atoms with Crippen LogP contribution in [0.3, 0.4) is 0 Å². The molecule has 0 spiro atoms. The minimum absolute atomic E-state index is 0.00231. The van der Waals surface area contributed by atoms with Gasteiger partial charge < -0.3 is 14.4 Å². The third-order valence-electron chi connectivity index (χ3n) is 2.24. The number of carboxylic acids is 1. The van der Waals surface area contributed by atoms with E-state index in [1.54, 1.807) is 6.07 Å². The number of carboxylic acid groups (broad SMARTS) is 1. The number of hydrogen-bond acceptors (Lipinski definition) is 3. The smallest absolute Gasteiger partial charge is 0.371 e. The van der Waals surface area contributed by atoms with Crippen molar-refractivity contribution in [3.8, 4) is 0 Å². The zero-order valence-corrected chi connectivity index (χ0v) is 7.36. The average molecular weight is 181 g/mol. The molecule has 70 valence electrons. The summed E-state index contributed by atoms with van der Waals surface area (Å²) in [5, 5.41) is 8.62. The highest BCUT2D eigenvalue weighted by Crippen LogP contribution is 2.30. The fraction of sp³-hybridized carbons (Fsp3) is 0.444. The summed E-state index contributed by atoms with van der Waals surface area (Å²) in [4.78, 5) is 12.5. The van der Waals surface area contributed by atoms with Gasteiger partial charge in [-0.05, 0) is 18.9 Å². The van der Waals surface area contributed by atoms with Crippen molar-refractivity contribution in [2.45, 2.75) is 18.9 Å². The lowest BCUT2D eigenvalue weighted by Gasteiger charge is -2.13. The highest BCUT2D eigenvalue weighted by Gasteiger charge is 2.28. The molecule has 0 aliphatic heterocycles. The fourth-order valence-corrected chi connectivity index (χ4v) is 1.27. The van der Waals surface area contributed by atoms with Crippen LogP contribution in [0.2, 0.25) is 0 Å². The van der Waals surface area contributed by atoms with Gasteiger partial charge >= 0.3 is 5.97 Å². The summed E-state index contributed by atoms with van der Waals surface area (Å²) < 4.78 is 5.13. The number of hydrogen-bond donors (Lipinski definition) is 1. The second-order valence-electron chi connectivity index (χ2n) is 3.29. The molecule has 1 aromatic rings. The number of anilines is 1. The number of furan rings is 1. The van der Waals surface area contributed by atoms with E-state index in [1.807, 2.05) is 11.9 Å². The largest absolute Gasteiger partial charge is 0.475 e. The lowest BCUT2D eigenvalue weighted by molar-refractivity contribution is 0.0663. The summed E-state index contributed by atoms with van der Waals surface area (Å²) in [5.74, 6) is -0.377. The molecule has 0 saturated heterocycles. The van der Waals surface area contributed by atoms with Crippen molar-refractivity contribution in [3.63, 3.8) is 0 Å². The lowest BCUT2D eigenvalue weighted by atomic mass is 10.4. The highest BCUT2D eigenvalue weighted by atomic mass is 16.4. The molecule has 2 rings (SSSR count). The number of rotatable bonds is 3. The van der Waals surface area contributed by atoms with Gasteiger partial charge in [-0.1, -0.05) is 0 Å². The molecule has 0 unspecified atom stereocenters. The fourth-order valence-electron chi connectivity index (χ4n) is 1.27. The first kappa shape index (κ1) is 8.16. The summed E-state index contributed by atoms with van der Waals surface area (Å²) >= 11 is 0. The Morgan fingerprint density at radius 2 is 2.31 bits per heavy atom. The van der Waals surface area contributed by atoms with Crippen LogP contribution in [0, 0.1) is 0 Å². The Labute approximate surface area is 75.8 Å². The van der Waals surface area contributed by atoms with Crippen molar-refractivity contribution in [2.24, 2.45) is 0 Å². The monoisotopic (exact) mass is 181 g/mol. The van der Waals surface area contributed by atoms with E-state index in [9.17, 15) is 4.79 Å². The van der Waals surface area contributed by atoms with Gasteiger partial charge in [0.15, 0.2) is 5.88 Å². The van der Waals surface area contributed by atoms with E-state index < -0.39 is 5.97 Å². The Balaban J connectivity index is 2.16. The quantitative estimate of drug-likeness (QED) is 0.769. The first-order valence-electron chi connectivity index (χ1n) is 4.24. The molecule has 0 amide bonds. The third-order valence-corrected chi connectivity index (χ3v) is 2.24. The Morgan fingerprint density at radius 3 is 2.77 bits per heavy atom. The van der Waals surface area contributed by atoms with Crippen LogP contribution in [-0.4, -0.2) is 24.2 Å². The summed E-state index contributed by atoms with van der Waals surface area (Å²) in [7, 11) is 1.92. The molecular weight excluding hydrogens is 170 g/mol. The topological polar surface area (TPSA) is 53.7 Å². The van der Waals surface area contributed by atoms with Crippen molar-refractivity contribution in [1.29, 1.82) is 0 Å². The summed E-state index contributed by atoms with van der Waals surface area (Å²) in [6.07, 6.45) is 2.33. The lowest BCUT2D eigenvalue weighted by Crippen LogP contribution is -2.18. The molecule has 4 nitrogen and oxygen atoms in total. The van der Waals surface area contributed by atoms with Crippen LogP contribution in [0.1, 0.15) is 23.4 Å². The molecule has 1 aliphatic carbocycles. The first-order valence-corrected chi connectivity index (χ1v) is 4.24. The standard InChI is InChI=1S/C9H11NO3/c1-10(6-2-3-6)8-5-4-7(13-8)9(11)12/h4-6H,2-3H2,1H3,(H,11,12). The van der Waals surface area contributed by atoms with Gasteiger partial charge in [0.1, 0.15) is 0 Å². The minimum atomic E-state index is -1.02. The molecule has 0 aromatic carbocycles. The summed E-state index contributed by atoms with van der Waals surface area (Å²) in [6.45, 7) is 0. The number of nitrogens with zero attached hydrogens (tertiary/aromatic N) is 1. The first-order chi connectivity index (χ1) is 6.18. The van der Waals surface area contributed by atoms with Gasteiger partial charge in [0.05, 0.1) is 0 Å². The van der Waals surface area contributed by atoms with Crippen LogP contribution in [0.25, 0.3) is 0 Å². The molecule has 0 atom stereocenters. The van der Waals surface area contributed by atoms with E-state index >= 15 is 0 Å². The Kier molecular flexibility index (Phi) is 1.76. The summed E-state index contributed by atoms with van der Waals surface area (Å²) in [5.41, 5.74) is 0. The van der Waals surface area contributed by atoms with Crippen LogP contribution in [0.15, 0.2) is 16.5 Å². The van der Waals surface area contributed by atoms with Gasteiger partial charge in [-0.25, -0.2) is 4.79 Å². The van der Waals surface area contributed by atoms with Crippen LogP contribution >= 0.6 is 0 Å². The van der Waals surface area contributed by atoms with Crippen molar-refractivity contribution < 1.29 is 14.3 Å². The summed E-state index contributed by atoms with van der Waals surface area (Å²) in [6, 6.07) is 3.71. The molecule has 0 bridgehead atoms. The molecule has 1 aromatic heterocycles. The second-order valence-corrected chi connectivity index (χ2v) is 3.29. The SMILES string of the molecule is CN(c1ccc(C(=O)O)o1)C1CC1. The normalized spacial score (nSPS) is 15.8. The van der Waals surface area contributed by atoms with Gasteiger partial charge in [-0.2, -0.15) is 0 Å². The maximum absolute atomic E-state index is 10.5. The van der Waals surface area contributed by atoms with Gasteiger partial charge in [0.25, 0.3) is 0 Å². The van der Waals surface area contributed by atoms with E-state index in [1.165, 1.54) is 18.9 Å². The molecule has 4 heteroatoms. The van der Waals surface area contributed by atoms with Gasteiger partial charge in [0, 0.05) is 19.2 Å². The van der Waals surface area contributed by atoms with E-state index in [0.717, 1.165) is 0 Å². The van der Waals surface area contributed by atoms with Crippen molar-refractivity contribution in [2.75, 3.05) is 11.9 Å².